The summed E-state index contributed by atoms with van der Waals surface area (Å²) in [6, 6.07) is 6.28. The maximum atomic E-state index is 12.3. The molecule has 1 aliphatic rings. The van der Waals surface area contributed by atoms with E-state index in [1.165, 1.54) is 18.4 Å². The van der Waals surface area contributed by atoms with Crippen LogP contribution in [0, 0.1) is 0 Å². The Hall–Kier alpha value is -2.87. The summed E-state index contributed by atoms with van der Waals surface area (Å²) in [5.41, 5.74) is 1.78. The molecule has 1 aromatic heterocycles. The van der Waals surface area contributed by atoms with E-state index in [1.807, 2.05) is 5.38 Å². The van der Waals surface area contributed by atoms with Crippen molar-refractivity contribution in [2.75, 3.05) is 25.6 Å². The second-order valence-corrected chi connectivity index (χ2v) is 7.12. The van der Waals surface area contributed by atoms with Gasteiger partial charge in [0.2, 0.25) is 0 Å². The van der Waals surface area contributed by atoms with Gasteiger partial charge >= 0.3 is 11.9 Å². The molecule has 1 aliphatic carbocycles. The van der Waals surface area contributed by atoms with Crippen molar-refractivity contribution < 1.29 is 28.6 Å². The molecule has 1 amide bonds. The zero-order chi connectivity index (χ0) is 20.1. The van der Waals surface area contributed by atoms with Gasteiger partial charge < -0.3 is 19.5 Å². The monoisotopic (exact) mass is 403 g/mol. The van der Waals surface area contributed by atoms with E-state index in [9.17, 15) is 14.4 Å². The van der Waals surface area contributed by atoms with Gasteiger partial charge in [-0.15, -0.1) is 11.3 Å². The Balaban J connectivity index is 1.62. The Morgan fingerprint density at radius 2 is 1.86 bits per heavy atom. The molecule has 0 spiro atoms. The third-order valence-electron chi connectivity index (χ3n) is 4.21. The number of thiophene rings is 1. The summed E-state index contributed by atoms with van der Waals surface area (Å²) >= 11 is 1.32. The molecule has 0 aliphatic heterocycles. The van der Waals surface area contributed by atoms with Gasteiger partial charge in [0.05, 0.1) is 24.8 Å². The van der Waals surface area contributed by atoms with Crippen molar-refractivity contribution in [2.24, 2.45) is 0 Å². The lowest BCUT2D eigenvalue weighted by Gasteiger charge is -2.09. The molecule has 1 saturated carbocycles. The van der Waals surface area contributed by atoms with E-state index in [-0.39, 0.29) is 19.1 Å². The highest BCUT2D eigenvalue weighted by Gasteiger charge is 2.32. The molecule has 3 rings (SSSR count). The number of benzene rings is 1. The van der Waals surface area contributed by atoms with Gasteiger partial charge in [-0.1, -0.05) is 0 Å². The zero-order valence-electron chi connectivity index (χ0n) is 15.7. The van der Waals surface area contributed by atoms with Crippen molar-refractivity contribution >= 4 is 34.2 Å². The molecule has 2 aromatic rings. The first kappa shape index (κ1) is 19.9. The van der Waals surface area contributed by atoms with Crippen molar-refractivity contribution in [1.29, 1.82) is 0 Å². The molecule has 0 atom stereocenters. The van der Waals surface area contributed by atoms with Crippen LogP contribution in [0.1, 0.15) is 52.0 Å². The number of hydrogen-bond donors (Lipinski definition) is 1. The number of methoxy groups -OCH3 is 1. The molecule has 1 N–H and O–H groups in total. The first-order valence-corrected chi connectivity index (χ1v) is 9.81. The van der Waals surface area contributed by atoms with Gasteiger partial charge in [-0.2, -0.15) is 0 Å². The number of esters is 2. The van der Waals surface area contributed by atoms with Gasteiger partial charge in [0, 0.05) is 0 Å². The van der Waals surface area contributed by atoms with Crippen LogP contribution in [-0.4, -0.2) is 38.2 Å². The lowest BCUT2D eigenvalue weighted by Crippen LogP contribution is -2.21. The summed E-state index contributed by atoms with van der Waals surface area (Å²) in [6.45, 7) is 1.80. The first-order valence-electron chi connectivity index (χ1n) is 8.93. The first-order chi connectivity index (χ1) is 13.5. The number of nitrogens with one attached hydrogen (secondary N) is 1. The molecule has 7 nitrogen and oxygen atoms in total. The maximum Gasteiger partial charge on any atom is 0.341 e. The van der Waals surface area contributed by atoms with Gasteiger partial charge in [0.1, 0.15) is 10.8 Å². The average Bonchev–Trinajstić information content (AvgIpc) is 3.46. The van der Waals surface area contributed by atoms with Gasteiger partial charge in [0.15, 0.2) is 6.61 Å². The highest BCUT2D eigenvalue weighted by Crippen LogP contribution is 2.46. The van der Waals surface area contributed by atoms with E-state index < -0.39 is 11.9 Å². The van der Waals surface area contributed by atoms with E-state index >= 15 is 0 Å². The molecule has 0 bridgehead atoms. The molecule has 8 heteroatoms. The van der Waals surface area contributed by atoms with Crippen molar-refractivity contribution in [1.82, 2.24) is 0 Å². The van der Waals surface area contributed by atoms with Crippen LogP contribution in [0.3, 0.4) is 0 Å². The SMILES string of the molecule is CCOC(=O)c1c(C2CC2)csc1NC(=O)COc1ccc(C(=O)OC)cc1. The van der Waals surface area contributed by atoms with Crippen molar-refractivity contribution in [3.05, 3.63) is 46.3 Å². The predicted molar refractivity (Wildman–Crippen MR) is 104 cm³/mol. The van der Waals surface area contributed by atoms with E-state index in [0.29, 0.717) is 27.8 Å². The normalized spacial score (nSPS) is 12.9. The number of amides is 1. The Kier molecular flexibility index (Phi) is 6.30. The van der Waals surface area contributed by atoms with Crippen molar-refractivity contribution in [2.45, 2.75) is 25.7 Å². The summed E-state index contributed by atoms with van der Waals surface area (Å²) in [4.78, 5) is 36.0. The van der Waals surface area contributed by atoms with Crippen molar-refractivity contribution in [3.8, 4) is 5.75 Å². The fraction of sp³-hybridized carbons (Fsp3) is 0.350. The standard InChI is InChI=1S/C20H21NO6S/c1-3-26-20(24)17-15(12-4-5-12)11-28-18(17)21-16(22)10-27-14-8-6-13(7-9-14)19(23)25-2/h6-9,11-12H,3-5,10H2,1-2H3,(H,21,22). The molecule has 28 heavy (non-hydrogen) atoms. The number of carbonyl (C=O) groups is 3. The molecule has 1 heterocycles. The van der Waals surface area contributed by atoms with Crippen LogP contribution in [0.2, 0.25) is 0 Å². The van der Waals surface area contributed by atoms with Crippen LogP contribution in [0.25, 0.3) is 0 Å². The number of carbonyl (C=O) groups excluding carboxylic acids is 3. The summed E-state index contributed by atoms with van der Waals surface area (Å²) in [6.07, 6.45) is 2.09. The quantitative estimate of drug-likeness (QED) is 0.677. The highest BCUT2D eigenvalue weighted by molar-refractivity contribution is 7.15. The van der Waals surface area contributed by atoms with Gasteiger partial charge in [-0.05, 0) is 60.9 Å². The Morgan fingerprint density at radius 3 is 2.46 bits per heavy atom. The molecule has 0 radical (unpaired) electrons. The van der Waals surface area contributed by atoms with Crippen LogP contribution in [-0.2, 0) is 14.3 Å². The van der Waals surface area contributed by atoms with Crippen LogP contribution < -0.4 is 10.1 Å². The number of ether oxygens (including phenoxy) is 3. The Labute approximate surface area is 166 Å². The molecule has 0 unspecified atom stereocenters. The van der Waals surface area contributed by atoms with Gasteiger partial charge in [-0.3, -0.25) is 4.79 Å². The molecule has 148 valence electrons. The molecule has 1 fully saturated rings. The molecule has 0 saturated heterocycles. The summed E-state index contributed by atoms with van der Waals surface area (Å²) in [7, 11) is 1.31. The van der Waals surface area contributed by atoms with E-state index in [2.05, 4.69) is 10.1 Å². The van der Waals surface area contributed by atoms with Gasteiger partial charge in [0.25, 0.3) is 5.91 Å². The third-order valence-corrected chi connectivity index (χ3v) is 5.13. The number of hydrogen-bond acceptors (Lipinski definition) is 7. The summed E-state index contributed by atoms with van der Waals surface area (Å²) < 4.78 is 15.2. The minimum absolute atomic E-state index is 0.226. The second kappa shape index (κ2) is 8.88. The predicted octanol–water partition coefficient (Wildman–Crippen LogP) is 3.61. The summed E-state index contributed by atoms with van der Waals surface area (Å²) in [5, 5.41) is 5.13. The number of anilines is 1. The third kappa shape index (κ3) is 4.69. The Morgan fingerprint density at radius 1 is 1.14 bits per heavy atom. The lowest BCUT2D eigenvalue weighted by atomic mass is 10.1. The van der Waals surface area contributed by atoms with Crippen LogP contribution in [0.5, 0.6) is 5.75 Å². The smallest absolute Gasteiger partial charge is 0.341 e. The van der Waals surface area contributed by atoms with E-state index in [0.717, 1.165) is 18.4 Å². The van der Waals surface area contributed by atoms with Crippen LogP contribution >= 0.6 is 11.3 Å². The molecular weight excluding hydrogens is 382 g/mol. The summed E-state index contributed by atoms with van der Waals surface area (Å²) in [5.74, 6) is -0.434. The topological polar surface area (TPSA) is 90.9 Å². The van der Waals surface area contributed by atoms with Crippen LogP contribution in [0.15, 0.2) is 29.6 Å². The molecular formula is C20H21NO6S. The Bertz CT molecular complexity index is 869. The average molecular weight is 403 g/mol. The minimum atomic E-state index is -0.444. The second-order valence-electron chi connectivity index (χ2n) is 6.24. The zero-order valence-corrected chi connectivity index (χ0v) is 16.5. The van der Waals surface area contributed by atoms with E-state index in [4.69, 9.17) is 9.47 Å². The molecule has 1 aromatic carbocycles. The minimum Gasteiger partial charge on any atom is -0.484 e. The van der Waals surface area contributed by atoms with Crippen molar-refractivity contribution in [3.63, 3.8) is 0 Å². The maximum absolute atomic E-state index is 12.3. The fourth-order valence-corrected chi connectivity index (χ4v) is 3.74. The fourth-order valence-electron chi connectivity index (χ4n) is 2.69. The highest BCUT2D eigenvalue weighted by atomic mass is 32.1. The lowest BCUT2D eigenvalue weighted by molar-refractivity contribution is -0.118. The number of rotatable bonds is 8. The largest absolute Gasteiger partial charge is 0.484 e. The van der Waals surface area contributed by atoms with E-state index in [1.54, 1.807) is 31.2 Å². The van der Waals surface area contributed by atoms with Crippen LogP contribution in [0.4, 0.5) is 5.00 Å². The van der Waals surface area contributed by atoms with Gasteiger partial charge in [-0.25, -0.2) is 9.59 Å².